The van der Waals surface area contributed by atoms with Crippen molar-refractivity contribution in [1.29, 1.82) is 0 Å². The van der Waals surface area contributed by atoms with Gasteiger partial charge in [-0.2, -0.15) is 0 Å². The molecule has 15 heavy (non-hydrogen) atoms. The summed E-state index contributed by atoms with van der Waals surface area (Å²) in [7, 11) is 0. The molecular weight excluding hydrogens is 194 g/mol. The highest BCUT2D eigenvalue weighted by molar-refractivity contribution is 5.89. The zero-order valence-corrected chi connectivity index (χ0v) is 8.82. The second kappa shape index (κ2) is 4.63. The van der Waals surface area contributed by atoms with Gasteiger partial charge in [0, 0.05) is 12.7 Å². The summed E-state index contributed by atoms with van der Waals surface area (Å²) in [6, 6.07) is 1.40. The number of rotatable bonds is 4. The summed E-state index contributed by atoms with van der Waals surface area (Å²) in [5.41, 5.74) is 6.11. The monoisotopic (exact) mass is 209 g/mol. The lowest BCUT2D eigenvalue weighted by Gasteiger charge is -2.10. The van der Waals surface area contributed by atoms with Crippen molar-refractivity contribution >= 4 is 17.5 Å². The maximum atomic E-state index is 10.6. The number of hydrogen-bond donors (Lipinski definition) is 3. The van der Waals surface area contributed by atoms with Crippen LogP contribution in [0.2, 0.25) is 0 Å². The largest absolute Gasteiger partial charge is 0.478 e. The van der Waals surface area contributed by atoms with Crippen LogP contribution in [-0.2, 0) is 0 Å². The van der Waals surface area contributed by atoms with E-state index in [0.29, 0.717) is 17.4 Å². The summed E-state index contributed by atoms with van der Waals surface area (Å²) in [5.74, 6) is -0.0105. The topological polar surface area (TPSA) is 88.2 Å². The zero-order valence-electron chi connectivity index (χ0n) is 8.82. The molecule has 0 atom stereocenters. The molecule has 0 aliphatic rings. The molecular formula is C10H15N3O2. The first kappa shape index (κ1) is 11.3. The van der Waals surface area contributed by atoms with Gasteiger partial charge in [0.1, 0.15) is 5.82 Å². The molecule has 0 radical (unpaired) electrons. The average molecular weight is 209 g/mol. The number of hydrogen-bond acceptors (Lipinski definition) is 4. The molecule has 0 spiro atoms. The first-order valence-corrected chi connectivity index (χ1v) is 4.73. The van der Waals surface area contributed by atoms with Crippen molar-refractivity contribution in [3.63, 3.8) is 0 Å². The lowest BCUT2D eigenvalue weighted by atomic mass is 10.2. The SMILES string of the molecule is CC(C)CNc1ncc(C(=O)O)cc1N. The predicted molar refractivity (Wildman–Crippen MR) is 58.9 cm³/mol. The smallest absolute Gasteiger partial charge is 0.337 e. The Morgan fingerprint density at radius 2 is 2.33 bits per heavy atom. The second-order valence-corrected chi connectivity index (χ2v) is 3.74. The van der Waals surface area contributed by atoms with Crippen molar-refractivity contribution in [2.75, 3.05) is 17.6 Å². The minimum Gasteiger partial charge on any atom is -0.478 e. The summed E-state index contributed by atoms with van der Waals surface area (Å²) < 4.78 is 0. The quantitative estimate of drug-likeness (QED) is 0.698. The summed E-state index contributed by atoms with van der Waals surface area (Å²) in [4.78, 5) is 14.6. The number of pyridine rings is 1. The number of nitrogens with two attached hydrogens (primary N) is 1. The number of aromatic nitrogens is 1. The van der Waals surface area contributed by atoms with Crippen molar-refractivity contribution in [1.82, 2.24) is 4.98 Å². The van der Waals surface area contributed by atoms with Crippen LogP contribution in [0.4, 0.5) is 11.5 Å². The molecule has 0 aliphatic heterocycles. The maximum absolute atomic E-state index is 10.6. The van der Waals surface area contributed by atoms with E-state index in [4.69, 9.17) is 10.8 Å². The Kier molecular flexibility index (Phi) is 3.49. The van der Waals surface area contributed by atoms with Gasteiger partial charge in [0.15, 0.2) is 0 Å². The van der Waals surface area contributed by atoms with Gasteiger partial charge in [0.05, 0.1) is 11.3 Å². The highest BCUT2D eigenvalue weighted by Crippen LogP contribution is 2.16. The number of nitrogens with one attached hydrogen (secondary N) is 1. The van der Waals surface area contributed by atoms with E-state index in [9.17, 15) is 4.79 Å². The summed E-state index contributed by atoms with van der Waals surface area (Å²) in [5, 5.41) is 11.8. The molecule has 82 valence electrons. The highest BCUT2D eigenvalue weighted by atomic mass is 16.4. The number of carboxylic acid groups (broad SMARTS) is 1. The van der Waals surface area contributed by atoms with E-state index in [-0.39, 0.29) is 5.56 Å². The fraction of sp³-hybridized carbons (Fsp3) is 0.400. The Morgan fingerprint density at radius 3 is 2.80 bits per heavy atom. The van der Waals surface area contributed by atoms with E-state index >= 15 is 0 Å². The van der Waals surface area contributed by atoms with Crippen LogP contribution in [0.25, 0.3) is 0 Å². The minimum absolute atomic E-state index is 0.0996. The van der Waals surface area contributed by atoms with Gasteiger partial charge in [0.2, 0.25) is 0 Å². The second-order valence-electron chi connectivity index (χ2n) is 3.74. The molecule has 5 heteroatoms. The van der Waals surface area contributed by atoms with E-state index in [2.05, 4.69) is 24.1 Å². The molecule has 0 aliphatic carbocycles. The molecule has 0 fully saturated rings. The molecule has 0 unspecified atom stereocenters. The molecule has 1 aromatic rings. The van der Waals surface area contributed by atoms with E-state index in [1.807, 2.05) is 0 Å². The lowest BCUT2D eigenvalue weighted by Crippen LogP contribution is -2.11. The Bertz CT molecular complexity index is 364. The van der Waals surface area contributed by atoms with Gasteiger partial charge < -0.3 is 16.2 Å². The predicted octanol–water partition coefficient (Wildman–Crippen LogP) is 1.43. The molecule has 1 heterocycles. The normalized spacial score (nSPS) is 10.3. The van der Waals surface area contributed by atoms with Crippen molar-refractivity contribution in [2.24, 2.45) is 5.92 Å². The fourth-order valence-corrected chi connectivity index (χ4v) is 1.05. The molecule has 5 nitrogen and oxygen atoms in total. The van der Waals surface area contributed by atoms with Gasteiger partial charge in [-0.15, -0.1) is 0 Å². The third-order valence-corrected chi connectivity index (χ3v) is 1.84. The number of nitrogen functional groups attached to an aromatic ring is 1. The van der Waals surface area contributed by atoms with Gasteiger partial charge in [-0.3, -0.25) is 0 Å². The molecule has 0 saturated heterocycles. The molecule has 4 N–H and O–H groups in total. The molecule has 1 rings (SSSR count). The third-order valence-electron chi connectivity index (χ3n) is 1.84. The van der Waals surface area contributed by atoms with Gasteiger partial charge in [-0.1, -0.05) is 13.8 Å². The molecule has 0 bridgehead atoms. The van der Waals surface area contributed by atoms with Crippen LogP contribution in [0.3, 0.4) is 0 Å². The van der Waals surface area contributed by atoms with Crippen molar-refractivity contribution in [3.8, 4) is 0 Å². The average Bonchev–Trinajstić information content (AvgIpc) is 2.15. The van der Waals surface area contributed by atoms with E-state index in [0.717, 1.165) is 6.54 Å². The van der Waals surface area contributed by atoms with Crippen LogP contribution in [0.1, 0.15) is 24.2 Å². The van der Waals surface area contributed by atoms with E-state index in [1.54, 1.807) is 0 Å². The summed E-state index contributed by atoms with van der Waals surface area (Å²) in [6.45, 7) is 4.88. The van der Waals surface area contributed by atoms with E-state index in [1.165, 1.54) is 12.3 Å². The third kappa shape index (κ3) is 3.12. The fourth-order valence-electron chi connectivity index (χ4n) is 1.05. The standard InChI is InChI=1S/C10H15N3O2/c1-6(2)4-12-9-8(11)3-7(5-13-9)10(14)15/h3,5-6H,4,11H2,1-2H3,(H,12,13)(H,14,15). The number of anilines is 2. The molecule has 1 aromatic heterocycles. The number of carbonyl (C=O) groups is 1. The lowest BCUT2D eigenvalue weighted by molar-refractivity contribution is 0.0696. The van der Waals surface area contributed by atoms with Crippen LogP contribution in [-0.4, -0.2) is 22.6 Å². The highest BCUT2D eigenvalue weighted by Gasteiger charge is 2.07. The first-order valence-electron chi connectivity index (χ1n) is 4.73. The van der Waals surface area contributed by atoms with E-state index < -0.39 is 5.97 Å². The molecule has 0 saturated carbocycles. The molecule has 0 amide bonds. The van der Waals surface area contributed by atoms with Crippen molar-refractivity contribution in [3.05, 3.63) is 17.8 Å². The Morgan fingerprint density at radius 1 is 1.67 bits per heavy atom. The summed E-state index contributed by atoms with van der Waals surface area (Å²) in [6.07, 6.45) is 1.29. The molecule has 0 aromatic carbocycles. The number of nitrogens with zero attached hydrogens (tertiary/aromatic N) is 1. The van der Waals surface area contributed by atoms with Gasteiger partial charge >= 0.3 is 5.97 Å². The Balaban J connectivity index is 2.79. The van der Waals surface area contributed by atoms with Crippen molar-refractivity contribution in [2.45, 2.75) is 13.8 Å². The van der Waals surface area contributed by atoms with Crippen LogP contribution in [0.15, 0.2) is 12.3 Å². The Hall–Kier alpha value is -1.78. The van der Waals surface area contributed by atoms with Gasteiger partial charge in [0.25, 0.3) is 0 Å². The van der Waals surface area contributed by atoms with Crippen LogP contribution in [0, 0.1) is 5.92 Å². The minimum atomic E-state index is -1.02. The van der Waals surface area contributed by atoms with Crippen molar-refractivity contribution < 1.29 is 9.90 Å². The maximum Gasteiger partial charge on any atom is 0.337 e. The van der Waals surface area contributed by atoms with Gasteiger partial charge in [-0.05, 0) is 12.0 Å². The zero-order chi connectivity index (χ0) is 11.4. The number of aromatic carboxylic acids is 1. The van der Waals surface area contributed by atoms with Crippen LogP contribution < -0.4 is 11.1 Å². The first-order chi connectivity index (χ1) is 7.00. The number of carboxylic acids is 1. The van der Waals surface area contributed by atoms with Crippen LogP contribution in [0.5, 0.6) is 0 Å². The van der Waals surface area contributed by atoms with Gasteiger partial charge in [-0.25, -0.2) is 9.78 Å². The van der Waals surface area contributed by atoms with Crippen LogP contribution >= 0.6 is 0 Å². The Labute approximate surface area is 88.3 Å². The summed E-state index contributed by atoms with van der Waals surface area (Å²) >= 11 is 0.